The largest absolute Gasteiger partial charge is 0.310 e. The van der Waals surface area contributed by atoms with E-state index in [4.69, 9.17) is 0 Å². The molecule has 1 aromatic heterocycles. The van der Waals surface area contributed by atoms with Crippen LogP contribution in [0.5, 0.6) is 0 Å². The Hall–Kier alpha value is -5.96. The molecular weight excluding hydrogens is 671 g/mol. The van der Waals surface area contributed by atoms with Gasteiger partial charge in [0.25, 0.3) is 0 Å². The molecule has 9 aromatic rings. The molecule has 54 heavy (non-hydrogen) atoms. The van der Waals surface area contributed by atoms with Crippen molar-refractivity contribution in [2.45, 2.75) is 38.5 Å². The van der Waals surface area contributed by atoms with Crippen molar-refractivity contribution in [3.63, 3.8) is 0 Å². The number of hydrogen-bond donors (Lipinski definition) is 0. The number of anilines is 3. The van der Waals surface area contributed by atoms with Gasteiger partial charge in [-0.25, -0.2) is 0 Å². The van der Waals surface area contributed by atoms with E-state index in [1.165, 1.54) is 98.0 Å². The average Bonchev–Trinajstić information content (AvgIpc) is 3.78. The Labute approximate surface area is 320 Å². The first-order valence-corrected chi connectivity index (χ1v) is 19.8. The summed E-state index contributed by atoms with van der Waals surface area (Å²) in [6, 6.07) is 61.4. The molecule has 1 nitrogen and oxygen atoms in total. The number of nitrogens with zero attached hydrogens (tertiary/aromatic N) is 1. The molecular formula is C52H39NS. The molecule has 0 aliphatic heterocycles. The number of benzene rings is 8. The van der Waals surface area contributed by atoms with Crippen LogP contribution in [-0.4, -0.2) is 0 Å². The third-order valence-corrected chi connectivity index (χ3v) is 13.7. The summed E-state index contributed by atoms with van der Waals surface area (Å²) in [5.74, 6) is 0. The lowest BCUT2D eigenvalue weighted by atomic mass is 9.80. The Bertz CT molecular complexity index is 3000. The van der Waals surface area contributed by atoms with Crippen LogP contribution in [0, 0.1) is 0 Å². The standard InChI is InChI=1S/C52H39NS/c1-51(2)43-21-10-7-16-38(43)39-29-28-35(31-45(39)51)53(34-26-24-32(25-27-34)37-19-13-20-41-40-17-9-12-23-47(40)54-50(37)41)46-30-33-14-5-6-15-36(33)49-48(46)42-18-8-11-22-44(42)52(49,3)4/h5-31H,1-4H3. The second-order valence-electron chi connectivity index (χ2n) is 16.1. The quantitative estimate of drug-likeness (QED) is 0.176. The zero-order valence-corrected chi connectivity index (χ0v) is 31.8. The lowest BCUT2D eigenvalue weighted by molar-refractivity contribution is 0.660. The Morgan fingerprint density at radius 3 is 1.87 bits per heavy atom. The molecule has 0 fully saturated rings. The molecule has 2 heteroatoms. The predicted molar refractivity (Wildman–Crippen MR) is 232 cm³/mol. The lowest BCUT2D eigenvalue weighted by Gasteiger charge is -2.31. The van der Waals surface area contributed by atoms with E-state index in [0.717, 1.165) is 5.69 Å². The number of fused-ring (bicyclic) bond motifs is 11. The Morgan fingerprint density at radius 2 is 1.06 bits per heavy atom. The zero-order chi connectivity index (χ0) is 36.3. The molecule has 2 aliphatic rings. The SMILES string of the molecule is CC1(C)c2ccccc2-c2ccc(N(c3ccc(-c4cccc5c4sc4ccccc45)cc3)c3cc4ccccc4c4c3-c3ccccc3C4(C)C)cc21. The van der Waals surface area contributed by atoms with Crippen LogP contribution < -0.4 is 4.90 Å². The summed E-state index contributed by atoms with van der Waals surface area (Å²) in [5, 5.41) is 5.25. The van der Waals surface area contributed by atoms with Gasteiger partial charge in [0, 0.05) is 47.9 Å². The molecule has 0 saturated carbocycles. The van der Waals surface area contributed by atoms with Gasteiger partial charge in [-0.3, -0.25) is 0 Å². The number of rotatable bonds is 4. The van der Waals surface area contributed by atoms with Crippen molar-refractivity contribution < 1.29 is 0 Å². The van der Waals surface area contributed by atoms with Gasteiger partial charge in [-0.1, -0.05) is 155 Å². The summed E-state index contributed by atoms with van der Waals surface area (Å²) < 4.78 is 2.67. The molecule has 1 heterocycles. The molecule has 258 valence electrons. The molecule has 2 aliphatic carbocycles. The summed E-state index contributed by atoms with van der Waals surface area (Å²) in [6.45, 7) is 9.55. The molecule has 0 atom stereocenters. The van der Waals surface area contributed by atoms with Crippen LogP contribution >= 0.6 is 11.3 Å². The van der Waals surface area contributed by atoms with Crippen molar-refractivity contribution in [2.24, 2.45) is 0 Å². The molecule has 0 saturated heterocycles. The molecule has 0 amide bonds. The summed E-state index contributed by atoms with van der Waals surface area (Å²) in [7, 11) is 0. The van der Waals surface area contributed by atoms with Crippen LogP contribution in [0.15, 0.2) is 164 Å². The second-order valence-corrected chi connectivity index (χ2v) is 17.2. The minimum atomic E-state index is -0.151. The minimum Gasteiger partial charge on any atom is -0.310 e. The molecule has 0 spiro atoms. The third-order valence-electron chi connectivity index (χ3n) is 12.4. The zero-order valence-electron chi connectivity index (χ0n) is 30.9. The smallest absolute Gasteiger partial charge is 0.0549 e. The van der Waals surface area contributed by atoms with Crippen LogP contribution in [0.4, 0.5) is 17.1 Å². The van der Waals surface area contributed by atoms with E-state index in [9.17, 15) is 0 Å². The topological polar surface area (TPSA) is 3.24 Å². The highest BCUT2D eigenvalue weighted by Gasteiger charge is 2.40. The summed E-state index contributed by atoms with van der Waals surface area (Å²) in [5.41, 5.74) is 16.7. The molecule has 0 unspecified atom stereocenters. The van der Waals surface area contributed by atoms with Crippen molar-refractivity contribution in [3.8, 4) is 33.4 Å². The third kappa shape index (κ3) is 4.32. The van der Waals surface area contributed by atoms with Gasteiger partial charge in [-0.05, 0) is 97.2 Å². The Kier molecular flexibility index (Phi) is 6.59. The first-order valence-electron chi connectivity index (χ1n) is 19.0. The Morgan fingerprint density at radius 1 is 0.444 bits per heavy atom. The van der Waals surface area contributed by atoms with Gasteiger partial charge in [0.05, 0.1) is 5.69 Å². The van der Waals surface area contributed by atoms with Crippen LogP contribution in [0.25, 0.3) is 64.3 Å². The van der Waals surface area contributed by atoms with E-state index in [0.29, 0.717) is 0 Å². The second kappa shape index (κ2) is 11.3. The highest BCUT2D eigenvalue weighted by Crippen LogP contribution is 2.58. The maximum Gasteiger partial charge on any atom is 0.0549 e. The first-order chi connectivity index (χ1) is 26.3. The van der Waals surface area contributed by atoms with Gasteiger partial charge in [0.15, 0.2) is 0 Å². The molecule has 0 bridgehead atoms. The van der Waals surface area contributed by atoms with Crippen LogP contribution in [-0.2, 0) is 10.8 Å². The van der Waals surface area contributed by atoms with E-state index in [1.807, 2.05) is 11.3 Å². The van der Waals surface area contributed by atoms with Gasteiger partial charge in [0.2, 0.25) is 0 Å². The number of thiophene rings is 1. The van der Waals surface area contributed by atoms with E-state index in [-0.39, 0.29) is 10.8 Å². The van der Waals surface area contributed by atoms with Gasteiger partial charge in [-0.15, -0.1) is 11.3 Å². The van der Waals surface area contributed by atoms with E-state index >= 15 is 0 Å². The van der Waals surface area contributed by atoms with Crippen molar-refractivity contribution in [1.82, 2.24) is 0 Å². The predicted octanol–water partition coefficient (Wildman–Crippen LogP) is 15.0. The summed E-state index contributed by atoms with van der Waals surface area (Å²) in [4.78, 5) is 2.53. The average molecular weight is 710 g/mol. The van der Waals surface area contributed by atoms with Crippen molar-refractivity contribution in [1.29, 1.82) is 0 Å². The van der Waals surface area contributed by atoms with Crippen molar-refractivity contribution >= 4 is 59.3 Å². The van der Waals surface area contributed by atoms with Gasteiger partial charge in [-0.2, -0.15) is 0 Å². The van der Waals surface area contributed by atoms with Crippen LogP contribution in [0.1, 0.15) is 49.9 Å². The van der Waals surface area contributed by atoms with Gasteiger partial charge in [0.1, 0.15) is 0 Å². The molecule has 0 N–H and O–H groups in total. The molecule has 0 radical (unpaired) electrons. The van der Waals surface area contributed by atoms with Gasteiger partial charge >= 0.3 is 0 Å². The van der Waals surface area contributed by atoms with Crippen LogP contribution in [0.3, 0.4) is 0 Å². The van der Waals surface area contributed by atoms with E-state index < -0.39 is 0 Å². The fourth-order valence-corrected chi connectivity index (χ4v) is 11.1. The first kappa shape index (κ1) is 31.6. The Balaban J connectivity index is 1.16. The lowest BCUT2D eigenvalue weighted by Crippen LogP contribution is -2.18. The maximum atomic E-state index is 2.53. The summed E-state index contributed by atoms with van der Waals surface area (Å²) in [6.07, 6.45) is 0. The fraction of sp³-hybridized carbons (Fsp3) is 0.115. The van der Waals surface area contributed by atoms with Crippen molar-refractivity contribution in [2.75, 3.05) is 4.90 Å². The fourth-order valence-electron chi connectivity index (χ4n) is 9.83. The molecule has 11 rings (SSSR count). The number of hydrogen-bond acceptors (Lipinski definition) is 2. The van der Waals surface area contributed by atoms with E-state index in [2.05, 4.69) is 196 Å². The highest BCUT2D eigenvalue weighted by molar-refractivity contribution is 7.26. The van der Waals surface area contributed by atoms with E-state index in [1.54, 1.807) is 0 Å². The minimum absolute atomic E-state index is 0.111. The summed E-state index contributed by atoms with van der Waals surface area (Å²) >= 11 is 1.89. The van der Waals surface area contributed by atoms with Crippen molar-refractivity contribution in [3.05, 3.63) is 186 Å². The highest BCUT2D eigenvalue weighted by atomic mass is 32.1. The normalized spacial score (nSPS) is 14.6. The molecule has 8 aromatic carbocycles. The maximum absolute atomic E-state index is 2.53. The van der Waals surface area contributed by atoms with Gasteiger partial charge < -0.3 is 4.90 Å². The van der Waals surface area contributed by atoms with Crippen LogP contribution in [0.2, 0.25) is 0 Å². The monoisotopic (exact) mass is 709 g/mol.